The Morgan fingerprint density at radius 1 is 1.06 bits per heavy atom. The average Bonchev–Trinajstić information content (AvgIpc) is 2.40. The highest BCUT2D eigenvalue weighted by atomic mass is 35.5. The van der Waals surface area contributed by atoms with Gasteiger partial charge in [-0.25, -0.2) is 19.9 Å². The van der Waals surface area contributed by atoms with Crippen LogP contribution < -0.4 is 0 Å². The fourth-order valence-electron chi connectivity index (χ4n) is 1.54. The molecular formula is C12H7ClN4S. The van der Waals surface area contributed by atoms with E-state index in [1.54, 1.807) is 6.20 Å². The molecule has 88 valence electrons. The van der Waals surface area contributed by atoms with Crippen molar-refractivity contribution in [1.29, 1.82) is 0 Å². The smallest absolute Gasteiger partial charge is 0.224 e. The monoisotopic (exact) mass is 274 g/mol. The van der Waals surface area contributed by atoms with E-state index in [1.165, 1.54) is 18.1 Å². The minimum atomic E-state index is 0.241. The zero-order valence-electron chi connectivity index (χ0n) is 9.12. The molecule has 6 heteroatoms. The quantitative estimate of drug-likeness (QED) is 0.530. The Labute approximate surface area is 112 Å². The highest BCUT2D eigenvalue weighted by Crippen LogP contribution is 2.30. The maximum absolute atomic E-state index is 5.92. The maximum atomic E-state index is 5.92. The standard InChI is InChI=1S/C12H7ClN4S/c13-12-16-9-4-2-1-3-8(9)11(17-12)18-10-5-6-14-7-15-10/h1-7H. The Hall–Kier alpha value is -1.72. The summed E-state index contributed by atoms with van der Waals surface area (Å²) in [6, 6.07) is 9.58. The summed E-state index contributed by atoms with van der Waals surface area (Å²) < 4.78 is 0. The van der Waals surface area contributed by atoms with Crippen molar-refractivity contribution in [1.82, 2.24) is 19.9 Å². The van der Waals surface area contributed by atoms with Gasteiger partial charge in [0.2, 0.25) is 5.28 Å². The van der Waals surface area contributed by atoms with Crippen LogP contribution in [-0.4, -0.2) is 19.9 Å². The van der Waals surface area contributed by atoms with Crippen LogP contribution in [0.25, 0.3) is 10.9 Å². The van der Waals surface area contributed by atoms with Crippen LogP contribution in [-0.2, 0) is 0 Å². The fourth-order valence-corrected chi connectivity index (χ4v) is 2.60. The Kier molecular flexibility index (Phi) is 3.08. The van der Waals surface area contributed by atoms with Crippen molar-refractivity contribution >= 4 is 34.3 Å². The Balaban J connectivity index is 2.11. The molecule has 4 nitrogen and oxygen atoms in total. The molecule has 0 spiro atoms. The topological polar surface area (TPSA) is 51.6 Å². The molecule has 0 bridgehead atoms. The van der Waals surface area contributed by atoms with E-state index in [0.717, 1.165) is 21.0 Å². The molecule has 0 fully saturated rings. The predicted molar refractivity (Wildman–Crippen MR) is 70.7 cm³/mol. The highest BCUT2D eigenvalue weighted by Gasteiger charge is 2.08. The van der Waals surface area contributed by atoms with Crippen molar-refractivity contribution < 1.29 is 0 Å². The molecule has 0 aliphatic rings. The van der Waals surface area contributed by atoms with Gasteiger partial charge in [0.15, 0.2) is 0 Å². The molecule has 0 aliphatic carbocycles. The number of halogens is 1. The van der Waals surface area contributed by atoms with E-state index < -0.39 is 0 Å². The van der Waals surface area contributed by atoms with Crippen LogP contribution in [0, 0.1) is 0 Å². The lowest BCUT2D eigenvalue weighted by molar-refractivity contribution is 1.03. The maximum Gasteiger partial charge on any atom is 0.224 e. The second kappa shape index (κ2) is 4.88. The molecule has 0 amide bonds. The molecule has 2 heterocycles. The van der Waals surface area contributed by atoms with E-state index >= 15 is 0 Å². The van der Waals surface area contributed by atoms with Crippen molar-refractivity contribution in [2.45, 2.75) is 10.1 Å². The summed E-state index contributed by atoms with van der Waals surface area (Å²) in [4.78, 5) is 16.5. The SMILES string of the molecule is Clc1nc(Sc2ccncn2)c2ccccc2n1. The summed E-state index contributed by atoms with van der Waals surface area (Å²) in [5.74, 6) is 0. The van der Waals surface area contributed by atoms with Gasteiger partial charge in [-0.05, 0) is 35.5 Å². The van der Waals surface area contributed by atoms with E-state index in [0.29, 0.717) is 0 Å². The van der Waals surface area contributed by atoms with Gasteiger partial charge in [0.05, 0.1) is 5.52 Å². The van der Waals surface area contributed by atoms with Crippen molar-refractivity contribution in [3.05, 3.63) is 48.1 Å². The zero-order valence-corrected chi connectivity index (χ0v) is 10.7. The van der Waals surface area contributed by atoms with Gasteiger partial charge in [0.1, 0.15) is 16.4 Å². The van der Waals surface area contributed by atoms with Gasteiger partial charge >= 0.3 is 0 Å². The van der Waals surface area contributed by atoms with Gasteiger partial charge in [-0.15, -0.1) is 0 Å². The molecule has 3 aromatic rings. The predicted octanol–water partition coefficient (Wildman–Crippen LogP) is 3.22. The Bertz CT molecular complexity index is 690. The van der Waals surface area contributed by atoms with Gasteiger partial charge in [0.25, 0.3) is 0 Å². The van der Waals surface area contributed by atoms with Gasteiger partial charge in [0, 0.05) is 11.6 Å². The molecule has 0 atom stereocenters. The first-order chi connectivity index (χ1) is 8.83. The lowest BCUT2D eigenvalue weighted by atomic mass is 10.2. The molecule has 0 saturated heterocycles. The average molecular weight is 275 g/mol. The third-order valence-electron chi connectivity index (χ3n) is 2.30. The van der Waals surface area contributed by atoms with E-state index in [2.05, 4.69) is 19.9 Å². The molecule has 0 radical (unpaired) electrons. The van der Waals surface area contributed by atoms with Crippen LogP contribution in [0.5, 0.6) is 0 Å². The minimum absolute atomic E-state index is 0.241. The minimum Gasteiger partial charge on any atom is -0.245 e. The summed E-state index contributed by atoms with van der Waals surface area (Å²) in [5, 5.41) is 2.82. The second-order valence-electron chi connectivity index (χ2n) is 3.46. The largest absolute Gasteiger partial charge is 0.245 e. The van der Waals surface area contributed by atoms with E-state index in [9.17, 15) is 0 Å². The fraction of sp³-hybridized carbons (Fsp3) is 0. The number of hydrogen-bond donors (Lipinski definition) is 0. The van der Waals surface area contributed by atoms with Crippen LogP contribution in [0.4, 0.5) is 0 Å². The first kappa shape index (κ1) is 11.4. The number of aromatic nitrogens is 4. The van der Waals surface area contributed by atoms with Gasteiger partial charge in [-0.2, -0.15) is 0 Å². The summed E-state index contributed by atoms with van der Waals surface area (Å²) in [6.07, 6.45) is 3.20. The third-order valence-corrected chi connectivity index (χ3v) is 3.42. The molecule has 3 rings (SSSR count). The lowest BCUT2D eigenvalue weighted by Gasteiger charge is -2.04. The summed E-state index contributed by atoms with van der Waals surface area (Å²) in [7, 11) is 0. The third kappa shape index (κ3) is 2.27. The Morgan fingerprint density at radius 3 is 2.78 bits per heavy atom. The number of hydrogen-bond acceptors (Lipinski definition) is 5. The molecule has 0 aliphatic heterocycles. The van der Waals surface area contributed by atoms with E-state index in [4.69, 9.17) is 11.6 Å². The number of fused-ring (bicyclic) bond motifs is 1. The van der Waals surface area contributed by atoms with Crippen LogP contribution in [0.1, 0.15) is 0 Å². The lowest BCUT2D eigenvalue weighted by Crippen LogP contribution is -1.90. The van der Waals surface area contributed by atoms with E-state index in [-0.39, 0.29) is 5.28 Å². The number of benzene rings is 1. The Morgan fingerprint density at radius 2 is 1.94 bits per heavy atom. The molecule has 0 unspecified atom stereocenters. The van der Waals surface area contributed by atoms with Gasteiger partial charge in [-0.3, -0.25) is 0 Å². The van der Waals surface area contributed by atoms with Crippen LogP contribution >= 0.6 is 23.4 Å². The normalized spacial score (nSPS) is 10.7. The zero-order chi connectivity index (χ0) is 12.4. The molecular weight excluding hydrogens is 268 g/mol. The molecule has 0 N–H and O–H groups in total. The first-order valence-corrected chi connectivity index (χ1v) is 6.38. The van der Waals surface area contributed by atoms with Crippen molar-refractivity contribution in [2.75, 3.05) is 0 Å². The van der Waals surface area contributed by atoms with Crippen LogP contribution in [0.3, 0.4) is 0 Å². The summed E-state index contributed by atoms with van der Waals surface area (Å²) in [5.41, 5.74) is 0.828. The molecule has 18 heavy (non-hydrogen) atoms. The summed E-state index contributed by atoms with van der Waals surface area (Å²) in [6.45, 7) is 0. The molecule has 2 aromatic heterocycles. The van der Waals surface area contributed by atoms with Crippen molar-refractivity contribution in [3.63, 3.8) is 0 Å². The van der Waals surface area contributed by atoms with E-state index in [1.807, 2.05) is 30.3 Å². The first-order valence-electron chi connectivity index (χ1n) is 5.19. The van der Waals surface area contributed by atoms with Crippen LogP contribution in [0.2, 0.25) is 5.28 Å². The number of para-hydroxylation sites is 1. The second-order valence-corrected chi connectivity index (χ2v) is 4.81. The van der Waals surface area contributed by atoms with Gasteiger partial charge < -0.3 is 0 Å². The number of rotatable bonds is 2. The van der Waals surface area contributed by atoms with Gasteiger partial charge in [-0.1, -0.05) is 18.2 Å². The highest BCUT2D eigenvalue weighted by molar-refractivity contribution is 7.99. The summed E-state index contributed by atoms with van der Waals surface area (Å²) >= 11 is 7.37. The number of nitrogens with zero attached hydrogens (tertiary/aromatic N) is 4. The molecule has 1 aromatic carbocycles. The van der Waals surface area contributed by atoms with Crippen molar-refractivity contribution in [2.24, 2.45) is 0 Å². The van der Waals surface area contributed by atoms with Crippen molar-refractivity contribution in [3.8, 4) is 0 Å². The molecule has 0 saturated carbocycles. The van der Waals surface area contributed by atoms with Crippen LogP contribution in [0.15, 0.2) is 52.9 Å².